The number of methoxy groups -OCH3 is 1. The number of amides is 1. The van der Waals surface area contributed by atoms with Crippen LogP contribution in [0.1, 0.15) is 19.3 Å². The summed E-state index contributed by atoms with van der Waals surface area (Å²) in [4.78, 5) is 26.9. The van der Waals surface area contributed by atoms with Crippen LogP contribution in [-0.4, -0.2) is 48.4 Å². The number of ether oxygens (including phenoxy) is 1. The lowest BCUT2D eigenvalue weighted by atomic mass is 9.99. The maximum atomic E-state index is 12.0. The molecule has 0 spiro atoms. The van der Waals surface area contributed by atoms with Crippen LogP contribution < -0.4 is 0 Å². The van der Waals surface area contributed by atoms with Crippen molar-refractivity contribution in [2.45, 2.75) is 25.3 Å². The Kier molecular flexibility index (Phi) is 2.85. The van der Waals surface area contributed by atoms with E-state index in [4.69, 9.17) is 0 Å². The van der Waals surface area contributed by atoms with Gasteiger partial charge in [-0.3, -0.25) is 4.79 Å². The van der Waals surface area contributed by atoms with Crippen LogP contribution in [0, 0.1) is 0 Å². The van der Waals surface area contributed by atoms with E-state index in [-0.39, 0.29) is 11.9 Å². The second kappa shape index (κ2) is 4.15. The quantitative estimate of drug-likeness (QED) is 0.602. The van der Waals surface area contributed by atoms with Crippen molar-refractivity contribution < 1.29 is 14.3 Å². The highest BCUT2D eigenvalue weighted by molar-refractivity contribution is 5.96. The number of carbonyl (C=O) groups is 2. The molecule has 5 heteroatoms. The fraction of sp³-hybridized carbons (Fsp3) is 0.636. The van der Waals surface area contributed by atoms with Crippen LogP contribution >= 0.6 is 0 Å². The van der Waals surface area contributed by atoms with Crippen molar-refractivity contribution in [1.82, 2.24) is 9.80 Å². The Morgan fingerprint density at radius 2 is 2.25 bits per heavy atom. The van der Waals surface area contributed by atoms with E-state index < -0.39 is 5.97 Å². The molecule has 2 rings (SSSR count). The number of fused-ring (bicyclic) bond motifs is 1. The van der Waals surface area contributed by atoms with E-state index in [1.54, 1.807) is 13.2 Å². The van der Waals surface area contributed by atoms with Crippen molar-refractivity contribution in [2.75, 3.05) is 20.7 Å². The minimum absolute atomic E-state index is 0.0115. The zero-order valence-corrected chi connectivity index (χ0v) is 9.60. The van der Waals surface area contributed by atoms with Gasteiger partial charge in [0.05, 0.1) is 7.11 Å². The lowest BCUT2D eigenvalue weighted by Crippen LogP contribution is -2.52. The van der Waals surface area contributed by atoms with E-state index >= 15 is 0 Å². The van der Waals surface area contributed by atoms with Gasteiger partial charge >= 0.3 is 5.97 Å². The van der Waals surface area contributed by atoms with E-state index in [9.17, 15) is 9.59 Å². The van der Waals surface area contributed by atoms with E-state index in [0.717, 1.165) is 25.8 Å². The molecule has 88 valence electrons. The average molecular weight is 224 g/mol. The van der Waals surface area contributed by atoms with Gasteiger partial charge in [-0.1, -0.05) is 0 Å². The molecular weight excluding hydrogens is 208 g/mol. The van der Waals surface area contributed by atoms with Gasteiger partial charge in [0.25, 0.3) is 0 Å². The highest BCUT2D eigenvalue weighted by Gasteiger charge is 2.37. The molecular formula is C11H16N2O3. The topological polar surface area (TPSA) is 49.9 Å². The number of hydrogen-bond donors (Lipinski definition) is 0. The summed E-state index contributed by atoms with van der Waals surface area (Å²) in [6.07, 6.45) is 4.76. The molecule has 1 atom stereocenters. The molecule has 1 saturated heterocycles. The maximum Gasteiger partial charge on any atom is 0.356 e. The molecule has 0 aliphatic carbocycles. The van der Waals surface area contributed by atoms with Gasteiger partial charge in [0.15, 0.2) is 0 Å². The van der Waals surface area contributed by atoms with Gasteiger partial charge in [0, 0.05) is 19.8 Å². The number of likely N-dealkylation sites (N-methyl/N-ethyl adjacent to an activating group) is 1. The number of hydrogen-bond acceptors (Lipinski definition) is 4. The fourth-order valence-corrected chi connectivity index (χ4v) is 2.25. The molecule has 0 saturated carbocycles. The Hall–Kier alpha value is -1.52. The lowest BCUT2D eigenvalue weighted by molar-refractivity contribution is -0.145. The molecule has 2 aliphatic rings. The Bertz CT molecular complexity index is 351. The van der Waals surface area contributed by atoms with Gasteiger partial charge in [0.1, 0.15) is 11.7 Å². The zero-order valence-electron chi connectivity index (χ0n) is 9.60. The van der Waals surface area contributed by atoms with Crippen molar-refractivity contribution in [3.05, 3.63) is 11.9 Å². The van der Waals surface area contributed by atoms with Crippen LogP contribution in [0.3, 0.4) is 0 Å². The van der Waals surface area contributed by atoms with Gasteiger partial charge in [-0.15, -0.1) is 0 Å². The third-order valence-electron chi connectivity index (χ3n) is 3.20. The number of esters is 1. The first-order valence-electron chi connectivity index (χ1n) is 5.48. The molecule has 2 heterocycles. The Balaban J connectivity index is 2.29. The smallest absolute Gasteiger partial charge is 0.356 e. The average Bonchev–Trinajstić information content (AvgIpc) is 2.33. The van der Waals surface area contributed by atoms with Crippen LogP contribution in [0.5, 0.6) is 0 Å². The summed E-state index contributed by atoms with van der Waals surface area (Å²) in [5, 5.41) is 0. The summed E-state index contributed by atoms with van der Waals surface area (Å²) in [7, 11) is 2.95. The zero-order chi connectivity index (χ0) is 11.7. The summed E-state index contributed by atoms with van der Waals surface area (Å²) in [6, 6.07) is -0.0906. The predicted molar refractivity (Wildman–Crippen MR) is 57.2 cm³/mol. The normalized spacial score (nSPS) is 25.0. The molecule has 0 aromatic carbocycles. The SMILES string of the molecule is COC(=O)C1=CN2CCCC[C@@H]2C(=O)N1C. The number of rotatable bonds is 1. The van der Waals surface area contributed by atoms with Crippen LogP contribution in [0.4, 0.5) is 0 Å². The number of carbonyl (C=O) groups excluding carboxylic acids is 2. The molecule has 1 amide bonds. The standard InChI is InChI=1S/C11H16N2O3/c1-12-9(11(15)16-2)7-13-6-4-3-5-8(13)10(12)14/h7-8H,3-6H2,1-2H3/t8-/m1/s1. The van der Waals surface area contributed by atoms with Crippen molar-refractivity contribution >= 4 is 11.9 Å². The second-order valence-electron chi connectivity index (χ2n) is 4.15. The Morgan fingerprint density at radius 3 is 2.94 bits per heavy atom. The van der Waals surface area contributed by atoms with Crippen LogP contribution in [0.15, 0.2) is 11.9 Å². The Labute approximate surface area is 94.6 Å². The molecule has 0 radical (unpaired) electrons. The summed E-state index contributed by atoms with van der Waals surface area (Å²) in [5.74, 6) is -0.470. The van der Waals surface area contributed by atoms with E-state index in [2.05, 4.69) is 4.74 Å². The maximum absolute atomic E-state index is 12.0. The Morgan fingerprint density at radius 1 is 1.50 bits per heavy atom. The fourth-order valence-electron chi connectivity index (χ4n) is 2.25. The molecule has 16 heavy (non-hydrogen) atoms. The van der Waals surface area contributed by atoms with Crippen molar-refractivity contribution in [2.24, 2.45) is 0 Å². The lowest BCUT2D eigenvalue weighted by Gasteiger charge is -2.40. The van der Waals surface area contributed by atoms with Crippen LogP contribution in [0.2, 0.25) is 0 Å². The first-order valence-corrected chi connectivity index (χ1v) is 5.48. The van der Waals surface area contributed by atoms with Gasteiger partial charge in [-0.25, -0.2) is 4.79 Å². The third-order valence-corrected chi connectivity index (χ3v) is 3.20. The van der Waals surface area contributed by atoms with Crippen LogP contribution in [-0.2, 0) is 14.3 Å². The summed E-state index contributed by atoms with van der Waals surface area (Å²) < 4.78 is 4.66. The predicted octanol–water partition coefficient (Wildman–Crippen LogP) is 0.327. The minimum Gasteiger partial charge on any atom is -0.464 e. The number of nitrogens with zero attached hydrogens (tertiary/aromatic N) is 2. The van der Waals surface area contributed by atoms with Crippen molar-refractivity contribution in [1.29, 1.82) is 0 Å². The molecule has 0 bridgehead atoms. The largest absolute Gasteiger partial charge is 0.464 e. The summed E-state index contributed by atoms with van der Waals surface area (Å²) in [5.41, 5.74) is 0.325. The first kappa shape index (κ1) is 11.0. The molecule has 0 aromatic heterocycles. The highest BCUT2D eigenvalue weighted by Crippen LogP contribution is 2.25. The second-order valence-corrected chi connectivity index (χ2v) is 4.15. The molecule has 0 N–H and O–H groups in total. The van der Waals surface area contributed by atoms with Gasteiger partial charge in [-0.05, 0) is 19.3 Å². The monoisotopic (exact) mass is 224 g/mol. The highest BCUT2D eigenvalue weighted by atomic mass is 16.5. The molecule has 0 aromatic rings. The van der Waals surface area contributed by atoms with Crippen molar-refractivity contribution in [3.8, 4) is 0 Å². The third kappa shape index (κ3) is 1.66. The van der Waals surface area contributed by atoms with Gasteiger partial charge in [0.2, 0.25) is 5.91 Å². The molecule has 2 aliphatic heterocycles. The van der Waals surface area contributed by atoms with Crippen LogP contribution in [0.25, 0.3) is 0 Å². The van der Waals surface area contributed by atoms with E-state index in [0.29, 0.717) is 5.70 Å². The van der Waals surface area contributed by atoms with E-state index in [1.165, 1.54) is 12.0 Å². The summed E-state index contributed by atoms with van der Waals surface area (Å²) >= 11 is 0. The van der Waals surface area contributed by atoms with Crippen molar-refractivity contribution in [3.63, 3.8) is 0 Å². The van der Waals surface area contributed by atoms with Gasteiger partial charge < -0.3 is 14.5 Å². The van der Waals surface area contributed by atoms with E-state index in [1.807, 2.05) is 4.90 Å². The number of piperidine rings is 1. The molecule has 1 fully saturated rings. The van der Waals surface area contributed by atoms with Gasteiger partial charge in [-0.2, -0.15) is 0 Å². The summed E-state index contributed by atoms with van der Waals surface area (Å²) in [6.45, 7) is 0.838. The minimum atomic E-state index is -0.458. The first-order chi connectivity index (χ1) is 7.65. The molecule has 0 unspecified atom stereocenters. The molecule has 5 nitrogen and oxygen atoms in total.